The molecule has 128 valence electrons. The lowest BCUT2D eigenvalue weighted by atomic mass is 10.1. The van der Waals surface area contributed by atoms with Crippen LogP contribution in [0.4, 0.5) is 0 Å². The van der Waals surface area contributed by atoms with Gasteiger partial charge in [0.15, 0.2) is 0 Å². The molecular formula is C18H23N3O2S. The molecule has 2 saturated heterocycles. The fourth-order valence-electron chi connectivity index (χ4n) is 4.13. The third kappa shape index (κ3) is 2.53. The van der Waals surface area contributed by atoms with Crippen molar-refractivity contribution in [3.05, 3.63) is 36.7 Å². The lowest BCUT2D eigenvalue weighted by Gasteiger charge is -2.42. The van der Waals surface area contributed by atoms with E-state index in [0.29, 0.717) is 17.5 Å². The maximum atomic E-state index is 13.4. The molecular weight excluding hydrogens is 322 g/mol. The normalized spacial score (nSPS) is 25.9. The highest BCUT2D eigenvalue weighted by Crippen LogP contribution is 2.32. The highest BCUT2D eigenvalue weighted by molar-refractivity contribution is 7.89. The standard InChI is InChI=1S/C18H23N3O2S/c1-2-15-12-20-10-4-6-16(20)13-21(15)24(22,23)18-7-3-5-14-11-19-9-8-17(14)18/h3,5,7-9,11,15-16H,2,4,6,10,12-13H2,1H3. The topological polar surface area (TPSA) is 53.5 Å². The van der Waals surface area contributed by atoms with Crippen LogP contribution in [0.25, 0.3) is 10.8 Å². The molecule has 1 aromatic heterocycles. The summed E-state index contributed by atoms with van der Waals surface area (Å²) < 4.78 is 28.7. The average Bonchev–Trinajstić information content (AvgIpc) is 3.07. The molecule has 1 aromatic carbocycles. The number of aromatic nitrogens is 1. The highest BCUT2D eigenvalue weighted by Gasteiger charge is 2.41. The van der Waals surface area contributed by atoms with E-state index in [0.717, 1.165) is 36.7 Å². The van der Waals surface area contributed by atoms with E-state index in [4.69, 9.17) is 0 Å². The Morgan fingerprint density at radius 1 is 1.25 bits per heavy atom. The van der Waals surface area contributed by atoms with Crippen LogP contribution in [0.5, 0.6) is 0 Å². The monoisotopic (exact) mass is 345 g/mol. The molecule has 3 heterocycles. The van der Waals surface area contributed by atoms with Gasteiger partial charge in [-0.1, -0.05) is 19.1 Å². The Kier molecular flexibility index (Phi) is 4.06. The molecule has 0 saturated carbocycles. The zero-order valence-electron chi connectivity index (χ0n) is 13.9. The van der Waals surface area contributed by atoms with Crippen LogP contribution in [-0.2, 0) is 10.0 Å². The van der Waals surface area contributed by atoms with Gasteiger partial charge in [0.25, 0.3) is 0 Å². The maximum Gasteiger partial charge on any atom is 0.244 e. The summed E-state index contributed by atoms with van der Waals surface area (Å²) in [5, 5.41) is 1.63. The van der Waals surface area contributed by atoms with Gasteiger partial charge in [-0.15, -0.1) is 0 Å². The van der Waals surface area contributed by atoms with Crippen molar-refractivity contribution >= 4 is 20.8 Å². The molecule has 0 spiro atoms. The first kappa shape index (κ1) is 16.0. The van der Waals surface area contributed by atoms with Gasteiger partial charge in [-0.2, -0.15) is 4.31 Å². The van der Waals surface area contributed by atoms with Crippen LogP contribution < -0.4 is 0 Å². The number of rotatable bonds is 3. The number of piperazine rings is 1. The highest BCUT2D eigenvalue weighted by atomic mass is 32.2. The van der Waals surface area contributed by atoms with E-state index in [-0.39, 0.29) is 6.04 Å². The summed E-state index contributed by atoms with van der Waals surface area (Å²) in [6.45, 7) is 4.65. The minimum atomic E-state index is -3.51. The van der Waals surface area contributed by atoms with Crippen LogP contribution in [0.2, 0.25) is 0 Å². The summed E-state index contributed by atoms with van der Waals surface area (Å²) in [6.07, 6.45) is 6.50. The predicted molar refractivity (Wildman–Crippen MR) is 94.3 cm³/mol. The van der Waals surface area contributed by atoms with E-state index < -0.39 is 10.0 Å². The molecule has 0 amide bonds. The Morgan fingerprint density at radius 2 is 2.12 bits per heavy atom. The second kappa shape index (κ2) is 6.10. The fourth-order valence-corrected chi connectivity index (χ4v) is 6.08. The number of hydrogen-bond acceptors (Lipinski definition) is 4. The predicted octanol–water partition coefficient (Wildman–Crippen LogP) is 2.48. The lowest BCUT2D eigenvalue weighted by Crippen LogP contribution is -2.57. The van der Waals surface area contributed by atoms with Crippen LogP contribution in [-0.4, -0.2) is 54.3 Å². The van der Waals surface area contributed by atoms with Crippen molar-refractivity contribution < 1.29 is 8.42 Å². The quantitative estimate of drug-likeness (QED) is 0.858. The summed E-state index contributed by atoms with van der Waals surface area (Å²) in [7, 11) is -3.51. The van der Waals surface area contributed by atoms with Gasteiger partial charge in [0, 0.05) is 48.3 Å². The van der Waals surface area contributed by atoms with Gasteiger partial charge < -0.3 is 0 Å². The van der Waals surface area contributed by atoms with E-state index in [1.807, 2.05) is 12.1 Å². The summed E-state index contributed by atoms with van der Waals surface area (Å²) in [6, 6.07) is 7.68. The van der Waals surface area contributed by atoms with Crippen molar-refractivity contribution in [1.82, 2.24) is 14.2 Å². The van der Waals surface area contributed by atoms with E-state index >= 15 is 0 Å². The summed E-state index contributed by atoms with van der Waals surface area (Å²) in [5.74, 6) is 0. The van der Waals surface area contributed by atoms with Gasteiger partial charge in [-0.05, 0) is 37.9 Å². The van der Waals surface area contributed by atoms with Crippen LogP contribution >= 0.6 is 0 Å². The van der Waals surface area contributed by atoms with Crippen molar-refractivity contribution in [3.8, 4) is 0 Å². The van der Waals surface area contributed by atoms with Crippen LogP contribution in [0.15, 0.2) is 41.6 Å². The molecule has 0 radical (unpaired) electrons. The van der Waals surface area contributed by atoms with Crippen LogP contribution in [0.3, 0.4) is 0 Å². The van der Waals surface area contributed by atoms with Gasteiger partial charge >= 0.3 is 0 Å². The minimum absolute atomic E-state index is 0.0569. The number of nitrogens with zero attached hydrogens (tertiary/aromatic N) is 3. The molecule has 2 aliphatic rings. The molecule has 0 bridgehead atoms. The van der Waals surface area contributed by atoms with Crippen molar-refractivity contribution in [2.45, 2.75) is 43.2 Å². The van der Waals surface area contributed by atoms with E-state index in [1.54, 1.807) is 28.8 Å². The molecule has 0 N–H and O–H groups in total. The molecule has 5 nitrogen and oxygen atoms in total. The van der Waals surface area contributed by atoms with Gasteiger partial charge in [0.2, 0.25) is 10.0 Å². The summed E-state index contributed by atoms with van der Waals surface area (Å²) in [5.41, 5.74) is 0. The number of pyridine rings is 1. The average molecular weight is 345 g/mol. The Hall–Kier alpha value is -1.50. The molecule has 2 unspecified atom stereocenters. The Balaban J connectivity index is 1.78. The second-order valence-electron chi connectivity index (χ2n) is 6.78. The van der Waals surface area contributed by atoms with Gasteiger partial charge in [-0.25, -0.2) is 8.42 Å². The number of sulfonamides is 1. The molecule has 6 heteroatoms. The number of benzene rings is 1. The number of hydrogen-bond donors (Lipinski definition) is 0. The molecule has 0 aliphatic carbocycles. The lowest BCUT2D eigenvalue weighted by molar-refractivity contribution is 0.106. The minimum Gasteiger partial charge on any atom is -0.297 e. The van der Waals surface area contributed by atoms with Crippen LogP contribution in [0, 0.1) is 0 Å². The Labute approximate surface area is 143 Å². The first-order valence-corrected chi connectivity index (χ1v) is 10.1. The molecule has 24 heavy (non-hydrogen) atoms. The van der Waals surface area contributed by atoms with E-state index in [1.165, 1.54) is 6.42 Å². The van der Waals surface area contributed by atoms with Gasteiger partial charge in [0.05, 0.1) is 4.90 Å². The Bertz CT molecular complexity index is 847. The van der Waals surface area contributed by atoms with Gasteiger partial charge in [-0.3, -0.25) is 9.88 Å². The van der Waals surface area contributed by atoms with E-state index in [2.05, 4.69) is 16.8 Å². The molecule has 2 aliphatic heterocycles. The zero-order valence-corrected chi connectivity index (χ0v) is 14.7. The van der Waals surface area contributed by atoms with E-state index in [9.17, 15) is 8.42 Å². The molecule has 2 aromatic rings. The van der Waals surface area contributed by atoms with Crippen molar-refractivity contribution in [3.63, 3.8) is 0 Å². The zero-order chi connectivity index (χ0) is 16.7. The SMILES string of the molecule is CCC1CN2CCCC2CN1S(=O)(=O)c1cccc2cnccc12. The van der Waals surface area contributed by atoms with Crippen molar-refractivity contribution in [1.29, 1.82) is 0 Å². The number of fused-ring (bicyclic) bond motifs is 2. The Morgan fingerprint density at radius 3 is 2.96 bits per heavy atom. The first-order valence-electron chi connectivity index (χ1n) is 8.70. The molecule has 4 rings (SSSR count). The molecule has 2 fully saturated rings. The van der Waals surface area contributed by atoms with Crippen molar-refractivity contribution in [2.75, 3.05) is 19.6 Å². The van der Waals surface area contributed by atoms with Crippen LogP contribution in [0.1, 0.15) is 26.2 Å². The third-order valence-electron chi connectivity index (χ3n) is 5.44. The summed E-state index contributed by atoms with van der Waals surface area (Å²) in [4.78, 5) is 6.98. The third-order valence-corrected chi connectivity index (χ3v) is 7.42. The largest absolute Gasteiger partial charge is 0.297 e. The first-order chi connectivity index (χ1) is 11.6. The van der Waals surface area contributed by atoms with Crippen molar-refractivity contribution in [2.24, 2.45) is 0 Å². The maximum absolute atomic E-state index is 13.4. The summed E-state index contributed by atoms with van der Waals surface area (Å²) >= 11 is 0. The second-order valence-corrected chi connectivity index (χ2v) is 8.64. The fraction of sp³-hybridized carbons (Fsp3) is 0.500. The van der Waals surface area contributed by atoms with Gasteiger partial charge in [0.1, 0.15) is 0 Å². The smallest absolute Gasteiger partial charge is 0.244 e. The molecule has 2 atom stereocenters.